The molecule has 3 unspecified atom stereocenters. The van der Waals surface area contributed by atoms with Crippen molar-refractivity contribution in [2.75, 3.05) is 19.7 Å². The Kier molecular flexibility index (Phi) is 7.86. The van der Waals surface area contributed by atoms with Gasteiger partial charge in [-0.25, -0.2) is 0 Å². The van der Waals surface area contributed by atoms with E-state index in [9.17, 15) is 0 Å². The summed E-state index contributed by atoms with van der Waals surface area (Å²) in [4.78, 5) is 4.75. The van der Waals surface area contributed by atoms with Crippen molar-refractivity contribution >= 4 is 5.96 Å². The SMILES string of the molecule is CCNC(=NCCCCCOC1CCCCC1)NC1CC2CCC1O2. The van der Waals surface area contributed by atoms with E-state index in [4.69, 9.17) is 14.5 Å². The predicted molar refractivity (Wildman–Crippen MR) is 102 cm³/mol. The quantitative estimate of drug-likeness (QED) is 0.380. The third kappa shape index (κ3) is 6.14. The van der Waals surface area contributed by atoms with Crippen molar-refractivity contribution in [1.82, 2.24) is 10.6 Å². The lowest BCUT2D eigenvalue weighted by Gasteiger charge is -2.22. The zero-order valence-electron chi connectivity index (χ0n) is 16.0. The summed E-state index contributed by atoms with van der Waals surface area (Å²) in [5.74, 6) is 0.960. The summed E-state index contributed by atoms with van der Waals surface area (Å²) in [6.45, 7) is 4.84. The molecule has 2 saturated heterocycles. The smallest absolute Gasteiger partial charge is 0.191 e. The van der Waals surface area contributed by atoms with Crippen LogP contribution in [-0.2, 0) is 9.47 Å². The standard InChI is InChI=1S/C20H37N3O2/c1-2-21-20(23-18-15-17-11-12-19(18)25-17)22-13-7-4-8-14-24-16-9-5-3-6-10-16/h16-19H,2-15H2,1H3,(H2,21,22,23). The van der Waals surface area contributed by atoms with Crippen molar-refractivity contribution in [2.45, 2.75) is 102 Å². The molecule has 5 heteroatoms. The number of nitrogens with one attached hydrogen (secondary N) is 2. The van der Waals surface area contributed by atoms with Crippen molar-refractivity contribution in [3.05, 3.63) is 0 Å². The number of ether oxygens (including phenoxy) is 2. The molecule has 2 N–H and O–H groups in total. The Morgan fingerprint density at radius 1 is 1.08 bits per heavy atom. The number of rotatable bonds is 9. The molecule has 5 nitrogen and oxygen atoms in total. The molecule has 2 bridgehead atoms. The van der Waals surface area contributed by atoms with Gasteiger partial charge >= 0.3 is 0 Å². The summed E-state index contributed by atoms with van der Waals surface area (Å²) in [6.07, 6.45) is 15.1. The van der Waals surface area contributed by atoms with Gasteiger partial charge in [-0.15, -0.1) is 0 Å². The van der Waals surface area contributed by atoms with Crippen LogP contribution in [0.15, 0.2) is 4.99 Å². The second-order valence-electron chi connectivity index (χ2n) is 7.81. The van der Waals surface area contributed by atoms with Crippen molar-refractivity contribution < 1.29 is 9.47 Å². The van der Waals surface area contributed by atoms with Crippen LogP contribution in [0.3, 0.4) is 0 Å². The van der Waals surface area contributed by atoms with Gasteiger partial charge in [0.2, 0.25) is 0 Å². The molecule has 1 aliphatic carbocycles. The summed E-state index contributed by atoms with van der Waals surface area (Å²) in [5.41, 5.74) is 0. The average Bonchev–Trinajstić information content (AvgIpc) is 3.25. The molecule has 25 heavy (non-hydrogen) atoms. The molecular formula is C20H37N3O2. The van der Waals surface area contributed by atoms with E-state index in [0.717, 1.165) is 44.9 Å². The average molecular weight is 352 g/mol. The normalized spacial score (nSPS) is 30.0. The molecule has 3 aliphatic rings. The van der Waals surface area contributed by atoms with Crippen molar-refractivity contribution in [2.24, 2.45) is 4.99 Å². The maximum Gasteiger partial charge on any atom is 0.191 e. The lowest BCUT2D eigenvalue weighted by atomic mass is 9.96. The molecule has 2 aliphatic heterocycles. The number of hydrogen-bond donors (Lipinski definition) is 2. The second kappa shape index (κ2) is 10.4. The van der Waals surface area contributed by atoms with Crippen LogP contribution in [0.5, 0.6) is 0 Å². The highest BCUT2D eigenvalue weighted by Crippen LogP contribution is 2.34. The van der Waals surface area contributed by atoms with E-state index in [1.165, 1.54) is 51.4 Å². The highest BCUT2D eigenvalue weighted by Gasteiger charge is 2.41. The van der Waals surface area contributed by atoms with Gasteiger partial charge in [0.25, 0.3) is 0 Å². The van der Waals surface area contributed by atoms with E-state index in [1.807, 2.05) is 0 Å². The molecule has 0 amide bonds. The number of nitrogens with zero attached hydrogens (tertiary/aromatic N) is 1. The van der Waals surface area contributed by atoms with E-state index >= 15 is 0 Å². The van der Waals surface area contributed by atoms with E-state index in [2.05, 4.69) is 17.6 Å². The van der Waals surface area contributed by atoms with Gasteiger partial charge in [0.1, 0.15) is 0 Å². The minimum absolute atomic E-state index is 0.394. The molecule has 1 saturated carbocycles. The van der Waals surface area contributed by atoms with Gasteiger partial charge in [-0.2, -0.15) is 0 Å². The third-order valence-electron chi connectivity index (χ3n) is 5.75. The molecule has 0 radical (unpaired) electrons. The topological polar surface area (TPSA) is 54.9 Å². The Balaban J connectivity index is 1.26. The van der Waals surface area contributed by atoms with Crippen LogP contribution in [0.4, 0.5) is 0 Å². The van der Waals surface area contributed by atoms with E-state index in [-0.39, 0.29) is 0 Å². The summed E-state index contributed by atoms with van der Waals surface area (Å²) < 4.78 is 11.9. The van der Waals surface area contributed by atoms with Gasteiger partial charge in [-0.1, -0.05) is 19.3 Å². The Morgan fingerprint density at radius 3 is 2.68 bits per heavy atom. The van der Waals surface area contributed by atoms with Gasteiger partial charge in [-0.3, -0.25) is 4.99 Å². The summed E-state index contributed by atoms with van der Waals surface area (Å²) in [5, 5.41) is 6.96. The fourth-order valence-electron chi connectivity index (χ4n) is 4.35. The highest BCUT2D eigenvalue weighted by atomic mass is 16.5. The van der Waals surface area contributed by atoms with E-state index in [1.54, 1.807) is 0 Å². The molecule has 0 spiro atoms. The molecule has 3 atom stereocenters. The summed E-state index contributed by atoms with van der Waals surface area (Å²) in [7, 11) is 0. The Hall–Kier alpha value is -0.810. The number of fused-ring (bicyclic) bond motifs is 2. The first-order valence-electron chi connectivity index (χ1n) is 10.7. The number of guanidine groups is 1. The molecular weight excluding hydrogens is 314 g/mol. The summed E-state index contributed by atoms with van der Waals surface area (Å²) in [6, 6.07) is 0.445. The molecule has 3 fully saturated rings. The van der Waals surface area contributed by atoms with Crippen LogP contribution in [0.1, 0.15) is 77.6 Å². The maximum atomic E-state index is 5.99. The Morgan fingerprint density at radius 2 is 1.96 bits per heavy atom. The van der Waals surface area contributed by atoms with Gasteiger partial charge in [0.05, 0.1) is 24.4 Å². The van der Waals surface area contributed by atoms with Gasteiger partial charge in [-0.05, 0) is 58.3 Å². The van der Waals surface area contributed by atoms with Crippen LogP contribution in [0.25, 0.3) is 0 Å². The lowest BCUT2D eigenvalue weighted by Crippen LogP contribution is -2.47. The van der Waals surface area contributed by atoms with Crippen molar-refractivity contribution in [3.63, 3.8) is 0 Å². The molecule has 0 aromatic carbocycles. The number of hydrogen-bond acceptors (Lipinski definition) is 3. The highest BCUT2D eigenvalue weighted by molar-refractivity contribution is 5.80. The van der Waals surface area contributed by atoms with E-state index in [0.29, 0.717) is 24.4 Å². The van der Waals surface area contributed by atoms with Crippen molar-refractivity contribution in [1.29, 1.82) is 0 Å². The monoisotopic (exact) mass is 351 g/mol. The zero-order valence-corrected chi connectivity index (χ0v) is 16.0. The van der Waals surface area contributed by atoms with Crippen molar-refractivity contribution in [3.8, 4) is 0 Å². The fourth-order valence-corrected chi connectivity index (χ4v) is 4.35. The summed E-state index contributed by atoms with van der Waals surface area (Å²) >= 11 is 0. The van der Waals surface area contributed by atoms with Crippen LogP contribution in [0.2, 0.25) is 0 Å². The third-order valence-corrected chi connectivity index (χ3v) is 5.75. The van der Waals surface area contributed by atoms with Crippen LogP contribution >= 0.6 is 0 Å². The minimum atomic E-state index is 0.394. The first-order valence-corrected chi connectivity index (χ1v) is 10.7. The molecule has 0 aromatic rings. The Bertz CT molecular complexity index is 410. The number of aliphatic imine (C=N–C) groups is 1. The van der Waals surface area contributed by atoms with Crippen LogP contribution in [-0.4, -0.2) is 50.0 Å². The molecule has 144 valence electrons. The lowest BCUT2D eigenvalue weighted by molar-refractivity contribution is 0.0264. The number of unbranched alkanes of at least 4 members (excludes halogenated alkanes) is 2. The van der Waals surface area contributed by atoms with Gasteiger partial charge < -0.3 is 20.1 Å². The minimum Gasteiger partial charge on any atom is -0.378 e. The first-order chi connectivity index (χ1) is 12.3. The maximum absolute atomic E-state index is 5.99. The molecule has 2 heterocycles. The van der Waals surface area contributed by atoms with Crippen LogP contribution < -0.4 is 10.6 Å². The van der Waals surface area contributed by atoms with Crippen LogP contribution in [0, 0.1) is 0 Å². The zero-order chi connectivity index (χ0) is 17.3. The predicted octanol–water partition coefficient (Wildman–Crippen LogP) is 3.38. The van der Waals surface area contributed by atoms with Gasteiger partial charge in [0.15, 0.2) is 5.96 Å². The van der Waals surface area contributed by atoms with E-state index < -0.39 is 0 Å². The Labute approximate surface area is 153 Å². The first kappa shape index (κ1) is 19.0. The fraction of sp³-hybridized carbons (Fsp3) is 0.950. The molecule has 3 rings (SSSR count). The largest absolute Gasteiger partial charge is 0.378 e. The molecule has 0 aromatic heterocycles. The second-order valence-corrected chi connectivity index (χ2v) is 7.81. The van der Waals surface area contributed by atoms with Gasteiger partial charge in [0, 0.05) is 19.7 Å².